The summed E-state index contributed by atoms with van der Waals surface area (Å²) in [5.74, 6) is -2.32. The van der Waals surface area contributed by atoms with E-state index in [1.807, 2.05) is 0 Å². The molecular formula is C11H12F10NO2PS. The summed E-state index contributed by atoms with van der Waals surface area (Å²) in [6.07, 6.45) is 0. The molecule has 0 bridgehead atoms. The van der Waals surface area contributed by atoms with Crippen LogP contribution in [0.25, 0.3) is 0 Å². The molecule has 0 fully saturated rings. The molecule has 0 aliphatic carbocycles. The zero-order valence-electron chi connectivity index (χ0n) is 13.1. The van der Waals surface area contributed by atoms with Gasteiger partial charge in [-0.2, -0.15) is 0 Å². The van der Waals surface area contributed by atoms with Gasteiger partial charge in [0.05, 0.1) is 7.05 Å². The van der Waals surface area contributed by atoms with Crippen LogP contribution in [-0.2, 0) is 19.1 Å². The Labute approximate surface area is 141 Å². The van der Waals surface area contributed by atoms with Crippen LogP contribution in [0.1, 0.15) is 12.5 Å². The van der Waals surface area contributed by atoms with Crippen molar-refractivity contribution in [2.45, 2.75) is 24.3 Å². The van der Waals surface area contributed by atoms with Crippen molar-refractivity contribution in [1.29, 1.82) is 0 Å². The van der Waals surface area contributed by atoms with E-state index in [1.165, 1.54) is 13.0 Å². The number of carbonyl (C=O) groups excluding carboxylic acids is 1. The first-order chi connectivity index (χ1) is 11.0. The molecule has 1 rings (SSSR count). The molecule has 1 amide bonds. The van der Waals surface area contributed by atoms with E-state index in [1.54, 1.807) is 0 Å². The van der Waals surface area contributed by atoms with Crippen molar-refractivity contribution in [1.82, 2.24) is 4.31 Å². The van der Waals surface area contributed by atoms with Crippen LogP contribution in [0, 0.1) is 12.7 Å². The molecule has 1 unspecified atom stereocenters. The summed E-state index contributed by atoms with van der Waals surface area (Å²) in [6, 6.07) is 2.84. The number of aryl methyl sites for hydroxylation is 1. The van der Waals surface area contributed by atoms with Crippen molar-refractivity contribution in [2.75, 3.05) is 7.05 Å². The summed E-state index contributed by atoms with van der Waals surface area (Å²) in [6.45, 7) is 2.31. The standard InChI is InChI=1S/C11H12F4NO2S.F6P/c1-7-4-5-10(9(12)6-7)19(18,11(13,14)15)16(3)8(2)17;1-7(2,3,4,5)6/h4-6H,1-3H3;/q+1;-1. The van der Waals surface area contributed by atoms with Crippen molar-refractivity contribution in [2.24, 2.45) is 0 Å². The number of hydrogen-bond donors (Lipinski definition) is 0. The number of benzene rings is 1. The van der Waals surface area contributed by atoms with E-state index in [0.29, 0.717) is 5.56 Å². The molecule has 26 heavy (non-hydrogen) atoms. The van der Waals surface area contributed by atoms with Crippen LogP contribution in [0.4, 0.5) is 42.7 Å². The van der Waals surface area contributed by atoms with E-state index in [0.717, 1.165) is 26.1 Å². The fourth-order valence-corrected chi connectivity index (χ4v) is 3.23. The summed E-state index contributed by atoms with van der Waals surface area (Å²) in [5.41, 5.74) is -4.88. The summed E-state index contributed by atoms with van der Waals surface area (Å²) in [5, 5.41) is 0. The minimum absolute atomic E-state index is 0.0285. The Morgan fingerprint density at radius 1 is 1.08 bits per heavy atom. The van der Waals surface area contributed by atoms with Gasteiger partial charge in [0.25, 0.3) is 5.91 Å². The van der Waals surface area contributed by atoms with E-state index in [-0.39, 0.29) is 4.31 Å². The Bertz CT molecular complexity index is 732. The first-order valence-electron chi connectivity index (χ1n) is 6.14. The average Bonchev–Trinajstić information content (AvgIpc) is 2.31. The normalized spacial score (nSPS) is 17.1. The van der Waals surface area contributed by atoms with Gasteiger partial charge >= 0.3 is 48.6 Å². The zero-order valence-corrected chi connectivity index (χ0v) is 14.8. The van der Waals surface area contributed by atoms with Crippen LogP contribution >= 0.6 is 7.81 Å². The van der Waals surface area contributed by atoms with Gasteiger partial charge in [-0.25, -0.2) is 4.39 Å². The second-order valence-electron chi connectivity index (χ2n) is 4.88. The van der Waals surface area contributed by atoms with Crippen LogP contribution in [-0.4, -0.2) is 22.8 Å². The maximum atomic E-state index is 13.7. The maximum absolute atomic E-state index is 13.7. The van der Waals surface area contributed by atoms with E-state index in [4.69, 9.17) is 0 Å². The van der Waals surface area contributed by atoms with Gasteiger partial charge in [0.2, 0.25) is 4.90 Å². The Morgan fingerprint density at radius 2 is 1.46 bits per heavy atom. The summed E-state index contributed by atoms with van der Waals surface area (Å²) in [4.78, 5) is 10.1. The van der Waals surface area contributed by atoms with Crippen molar-refractivity contribution in [3.05, 3.63) is 29.6 Å². The molecule has 3 nitrogen and oxygen atoms in total. The minimum atomic E-state index is -10.7. The van der Waals surface area contributed by atoms with Crippen LogP contribution in [0.15, 0.2) is 23.1 Å². The van der Waals surface area contributed by atoms with Gasteiger partial charge in [-0.1, -0.05) is 10.3 Å². The van der Waals surface area contributed by atoms with Crippen LogP contribution < -0.4 is 0 Å². The summed E-state index contributed by atoms with van der Waals surface area (Å²) < 4.78 is 124. The summed E-state index contributed by atoms with van der Waals surface area (Å²) in [7, 11) is -14.9. The van der Waals surface area contributed by atoms with Crippen LogP contribution in [0.3, 0.4) is 0 Å². The summed E-state index contributed by atoms with van der Waals surface area (Å²) >= 11 is 0. The molecule has 0 saturated carbocycles. The van der Waals surface area contributed by atoms with E-state index in [9.17, 15) is 51.7 Å². The van der Waals surface area contributed by atoms with Gasteiger partial charge < -0.3 is 0 Å². The topological polar surface area (TPSA) is 37.4 Å². The molecule has 1 atom stereocenters. The SMILES string of the molecule is CC(=O)N(C)[S+](=O)(c1ccc(C)cc1F)C(F)(F)F.F[P-](F)(F)(F)(F)F. The van der Waals surface area contributed by atoms with Gasteiger partial charge in [0.1, 0.15) is 0 Å². The third-order valence-electron chi connectivity index (χ3n) is 2.53. The van der Waals surface area contributed by atoms with E-state index in [2.05, 4.69) is 0 Å². The zero-order chi connectivity index (χ0) is 21.4. The number of hydrogen-bond acceptors (Lipinski definition) is 2. The Hall–Kier alpha value is -1.43. The predicted molar refractivity (Wildman–Crippen MR) is 75.5 cm³/mol. The van der Waals surface area contributed by atoms with Crippen molar-refractivity contribution < 1.29 is 51.7 Å². The quantitative estimate of drug-likeness (QED) is 0.306. The Morgan fingerprint density at radius 3 is 1.73 bits per heavy atom. The van der Waals surface area contributed by atoms with E-state index >= 15 is 0 Å². The third kappa shape index (κ3) is 7.85. The van der Waals surface area contributed by atoms with Crippen molar-refractivity contribution in [3.63, 3.8) is 0 Å². The molecular weight excluding hydrogens is 431 g/mol. The van der Waals surface area contributed by atoms with Crippen LogP contribution in [0.5, 0.6) is 0 Å². The fourth-order valence-electron chi connectivity index (χ4n) is 1.44. The molecule has 0 aromatic heterocycles. The van der Waals surface area contributed by atoms with Gasteiger partial charge in [-0.15, -0.1) is 17.5 Å². The molecule has 0 saturated heterocycles. The second kappa shape index (κ2) is 6.32. The molecule has 1 aromatic carbocycles. The first-order valence-corrected chi connectivity index (χ1v) is 9.68. The molecule has 0 spiro atoms. The van der Waals surface area contributed by atoms with Gasteiger partial charge in [0.15, 0.2) is 5.82 Å². The van der Waals surface area contributed by atoms with Crippen LogP contribution in [0.2, 0.25) is 0 Å². The predicted octanol–water partition coefficient (Wildman–Crippen LogP) is 6.29. The molecule has 0 aliphatic rings. The van der Waals surface area contributed by atoms with Crippen molar-refractivity contribution in [3.8, 4) is 0 Å². The fraction of sp³-hybridized carbons (Fsp3) is 0.364. The molecule has 0 aliphatic heterocycles. The average molecular weight is 443 g/mol. The molecule has 0 heterocycles. The molecule has 1 aromatic rings. The number of alkyl halides is 3. The number of nitrogens with zero attached hydrogens (tertiary/aromatic N) is 1. The van der Waals surface area contributed by atoms with E-state index < -0.39 is 40.1 Å². The molecule has 15 heteroatoms. The van der Waals surface area contributed by atoms with Crippen molar-refractivity contribution >= 4 is 23.8 Å². The number of rotatable bonds is 2. The second-order valence-corrected chi connectivity index (χ2v) is 9.30. The van der Waals surface area contributed by atoms with Gasteiger partial charge in [-0.3, -0.25) is 4.79 Å². The Balaban J connectivity index is 0.000000758. The Kier molecular flexibility index (Phi) is 5.98. The van der Waals surface area contributed by atoms with Gasteiger partial charge in [-0.05, 0) is 24.6 Å². The number of carbonyl (C=O) groups is 1. The third-order valence-corrected chi connectivity index (χ3v) is 5.11. The van der Waals surface area contributed by atoms with Gasteiger partial charge in [0, 0.05) is 6.92 Å². The molecule has 0 N–H and O–H groups in total. The molecule has 154 valence electrons. The number of amides is 1. The number of halogens is 10. The first kappa shape index (κ1) is 24.6. The monoisotopic (exact) mass is 443 g/mol. The molecule has 0 radical (unpaired) electrons.